The zero-order valence-electron chi connectivity index (χ0n) is 19.9. The summed E-state index contributed by atoms with van der Waals surface area (Å²) in [5, 5.41) is 0.730. The molecule has 0 radical (unpaired) electrons. The van der Waals surface area contributed by atoms with Crippen molar-refractivity contribution in [3.05, 3.63) is 66.4 Å². The van der Waals surface area contributed by atoms with Crippen LogP contribution in [0.2, 0.25) is 0 Å². The Hall–Kier alpha value is -3.61. The zero-order chi connectivity index (χ0) is 24.4. The highest BCUT2D eigenvalue weighted by molar-refractivity contribution is 6.13. The molecule has 0 aliphatic rings. The van der Waals surface area contributed by atoms with Crippen LogP contribution in [0.1, 0.15) is 47.1 Å². The van der Waals surface area contributed by atoms with Gasteiger partial charge in [0.05, 0.1) is 17.6 Å². The first kappa shape index (κ1) is 24.0. The van der Waals surface area contributed by atoms with Crippen LogP contribution < -0.4 is 4.90 Å². The predicted octanol–water partition coefficient (Wildman–Crippen LogP) is 5.94. The number of carbonyl (C=O) groups is 3. The fourth-order valence-corrected chi connectivity index (χ4v) is 3.33. The minimum Gasteiger partial charge on any atom is -0.443 e. The summed E-state index contributed by atoms with van der Waals surface area (Å²) in [4.78, 5) is 40.1. The van der Waals surface area contributed by atoms with Gasteiger partial charge in [-0.15, -0.1) is 0 Å². The van der Waals surface area contributed by atoms with E-state index in [-0.39, 0.29) is 6.42 Å². The third-order valence-electron chi connectivity index (χ3n) is 4.57. The van der Waals surface area contributed by atoms with Crippen LogP contribution in [-0.4, -0.2) is 33.9 Å². The summed E-state index contributed by atoms with van der Waals surface area (Å²) in [6.45, 7) is 10.6. The average Bonchev–Trinajstić information content (AvgIpc) is 3.05. The van der Waals surface area contributed by atoms with Crippen molar-refractivity contribution in [1.82, 2.24) is 4.57 Å². The van der Waals surface area contributed by atoms with Gasteiger partial charge in [0.15, 0.2) is 0 Å². The van der Waals surface area contributed by atoms with Crippen LogP contribution in [0.15, 0.2) is 60.8 Å². The number of hydrogen-bond acceptors (Lipinski definition) is 5. The molecule has 0 spiro atoms. The molecule has 0 saturated carbocycles. The van der Waals surface area contributed by atoms with Crippen LogP contribution in [0.3, 0.4) is 0 Å². The molecular weight excluding hydrogens is 420 g/mol. The summed E-state index contributed by atoms with van der Waals surface area (Å²) in [7, 11) is 0. The van der Waals surface area contributed by atoms with E-state index in [1.165, 1.54) is 4.57 Å². The lowest BCUT2D eigenvalue weighted by molar-refractivity contribution is -0.117. The summed E-state index contributed by atoms with van der Waals surface area (Å²) in [5.41, 5.74) is 0.202. The van der Waals surface area contributed by atoms with E-state index in [2.05, 4.69) is 0 Å². The van der Waals surface area contributed by atoms with E-state index in [9.17, 15) is 14.4 Å². The predicted molar refractivity (Wildman–Crippen MR) is 127 cm³/mol. The number of hydrogen-bond donors (Lipinski definition) is 0. The van der Waals surface area contributed by atoms with E-state index in [1.807, 2.05) is 18.2 Å². The molecular formula is C26H30N2O5. The monoisotopic (exact) mass is 450 g/mol. The number of amides is 2. The van der Waals surface area contributed by atoms with Gasteiger partial charge >= 0.3 is 12.2 Å². The van der Waals surface area contributed by atoms with Gasteiger partial charge in [0.1, 0.15) is 11.2 Å². The maximum atomic E-state index is 13.4. The number of anilines is 1. The van der Waals surface area contributed by atoms with Gasteiger partial charge in [-0.3, -0.25) is 9.36 Å². The maximum absolute atomic E-state index is 13.4. The van der Waals surface area contributed by atoms with Crippen LogP contribution in [0, 0.1) is 0 Å². The van der Waals surface area contributed by atoms with Crippen molar-refractivity contribution >= 4 is 34.7 Å². The average molecular weight is 451 g/mol. The van der Waals surface area contributed by atoms with E-state index in [4.69, 9.17) is 9.47 Å². The lowest BCUT2D eigenvalue weighted by atomic mass is 10.1. The molecule has 0 unspecified atom stereocenters. The van der Waals surface area contributed by atoms with Gasteiger partial charge in [-0.2, -0.15) is 0 Å². The van der Waals surface area contributed by atoms with Gasteiger partial charge in [-0.1, -0.05) is 36.4 Å². The second kappa shape index (κ2) is 9.10. The molecule has 3 rings (SSSR count). The van der Waals surface area contributed by atoms with Crippen LogP contribution in [0.4, 0.5) is 15.3 Å². The molecule has 0 aliphatic heterocycles. The molecule has 7 heteroatoms. The number of fused-ring (bicyclic) bond motifs is 1. The molecule has 0 N–H and O–H groups in total. The Morgan fingerprint density at radius 3 is 2.00 bits per heavy atom. The molecule has 3 aromatic rings. The number of nitrogens with zero attached hydrogens (tertiary/aromatic N) is 2. The van der Waals surface area contributed by atoms with Crippen molar-refractivity contribution in [3.8, 4) is 0 Å². The maximum Gasteiger partial charge on any atom is 0.421 e. The van der Waals surface area contributed by atoms with Crippen molar-refractivity contribution in [2.45, 2.75) is 59.2 Å². The van der Waals surface area contributed by atoms with Crippen LogP contribution in [-0.2, 0) is 20.7 Å². The summed E-state index contributed by atoms with van der Waals surface area (Å²) in [5.74, 6) is -0.470. The molecule has 2 amide bonds. The van der Waals surface area contributed by atoms with Gasteiger partial charge in [-0.25, -0.2) is 14.5 Å². The number of aromatic nitrogens is 1. The molecule has 33 heavy (non-hydrogen) atoms. The van der Waals surface area contributed by atoms with Crippen molar-refractivity contribution in [2.24, 2.45) is 0 Å². The smallest absolute Gasteiger partial charge is 0.421 e. The first-order valence-corrected chi connectivity index (χ1v) is 10.8. The van der Waals surface area contributed by atoms with Crippen molar-refractivity contribution < 1.29 is 23.9 Å². The minimum absolute atomic E-state index is 0.107. The normalized spacial score (nSPS) is 11.8. The molecule has 174 valence electrons. The summed E-state index contributed by atoms with van der Waals surface area (Å²) in [6, 6.07) is 15.9. The van der Waals surface area contributed by atoms with Gasteiger partial charge in [0, 0.05) is 11.6 Å². The second-order valence-corrected chi connectivity index (χ2v) is 9.74. The summed E-state index contributed by atoms with van der Waals surface area (Å²) < 4.78 is 12.4. The number of para-hydroxylation sites is 2. The lowest BCUT2D eigenvalue weighted by Gasteiger charge is -2.26. The Bertz CT molecular complexity index is 1170. The molecule has 0 saturated heterocycles. The topological polar surface area (TPSA) is 77.8 Å². The fourth-order valence-electron chi connectivity index (χ4n) is 3.33. The molecule has 1 aromatic heterocycles. The highest BCUT2D eigenvalue weighted by atomic mass is 16.6. The third-order valence-corrected chi connectivity index (χ3v) is 4.57. The van der Waals surface area contributed by atoms with E-state index in [1.54, 1.807) is 84.1 Å². The first-order valence-electron chi connectivity index (χ1n) is 10.8. The standard InChI is InChI=1S/C26H30N2O5/c1-25(2,3)32-23(30)27-17-18(20-14-10-11-15-21(20)27)16-22(29)28(19-12-8-7-9-13-19)24(31)33-26(4,5)6/h7-15,17H,16H2,1-6H3. The van der Waals surface area contributed by atoms with E-state index < -0.39 is 29.3 Å². The largest absolute Gasteiger partial charge is 0.443 e. The Morgan fingerprint density at radius 2 is 1.39 bits per heavy atom. The van der Waals surface area contributed by atoms with Crippen LogP contribution >= 0.6 is 0 Å². The van der Waals surface area contributed by atoms with Crippen LogP contribution in [0.25, 0.3) is 10.9 Å². The van der Waals surface area contributed by atoms with Crippen LogP contribution in [0.5, 0.6) is 0 Å². The number of rotatable bonds is 3. The highest BCUT2D eigenvalue weighted by Gasteiger charge is 2.30. The lowest BCUT2D eigenvalue weighted by Crippen LogP contribution is -2.41. The molecule has 0 atom stereocenters. The van der Waals surface area contributed by atoms with Crippen molar-refractivity contribution in [2.75, 3.05) is 4.90 Å². The minimum atomic E-state index is -0.767. The fraction of sp³-hybridized carbons (Fsp3) is 0.346. The Kier molecular flexibility index (Phi) is 6.63. The SMILES string of the molecule is CC(C)(C)OC(=O)N(C(=O)Cc1cn(C(=O)OC(C)(C)C)c2ccccc12)c1ccccc1. The Labute approximate surface area is 193 Å². The third kappa shape index (κ3) is 6.00. The summed E-state index contributed by atoms with van der Waals surface area (Å²) >= 11 is 0. The molecule has 0 aliphatic carbocycles. The van der Waals surface area contributed by atoms with Crippen molar-refractivity contribution in [1.29, 1.82) is 0 Å². The number of ether oxygens (including phenoxy) is 2. The van der Waals surface area contributed by atoms with E-state index in [0.717, 1.165) is 10.3 Å². The molecule has 1 heterocycles. The van der Waals surface area contributed by atoms with Crippen molar-refractivity contribution in [3.63, 3.8) is 0 Å². The number of carbonyl (C=O) groups excluding carboxylic acids is 3. The zero-order valence-corrected chi connectivity index (χ0v) is 19.9. The highest BCUT2D eigenvalue weighted by Crippen LogP contribution is 2.25. The van der Waals surface area contributed by atoms with Gasteiger partial charge in [0.25, 0.3) is 0 Å². The number of benzene rings is 2. The molecule has 0 bridgehead atoms. The van der Waals surface area contributed by atoms with E-state index in [0.29, 0.717) is 16.8 Å². The molecule has 0 fully saturated rings. The second-order valence-electron chi connectivity index (χ2n) is 9.74. The van der Waals surface area contributed by atoms with Gasteiger partial charge in [-0.05, 0) is 65.3 Å². The van der Waals surface area contributed by atoms with Gasteiger partial charge < -0.3 is 9.47 Å². The molecule has 2 aromatic carbocycles. The quantitative estimate of drug-likeness (QED) is 0.494. The Balaban J connectivity index is 1.98. The Morgan fingerprint density at radius 1 is 0.818 bits per heavy atom. The summed E-state index contributed by atoms with van der Waals surface area (Å²) in [6.07, 6.45) is 0.193. The van der Waals surface area contributed by atoms with E-state index >= 15 is 0 Å². The first-order chi connectivity index (χ1) is 15.4. The molecule has 7 nitrogen and oxygen atoms in total. The number of imide groups is 1. The van der Waals surface area contributed by atoms with Gasteiger partial charge in [0.2, 0.25) is 5.91 Å².